The Balaban J connectivity index is 2.47. The monoisotopic (exact) mass is 255 g/mol. The summed E-state index contributed by atoms with van der Waals surface area (Å²) in [5.41, 5.74) is 0. The maximum absolute atomic E-state index is 5.83. The lowest BCUT2D eigenvalue weighted by Gasteiger charge is -2.27. The molecule has 16 heavy (non-hydrogen) atoms. The topological polar surface area (TPSA) is 29.0 Å². The van der Waals surface area contributed by atoms with Crippen molar-refractivity contribution in [2.75, 3.05) is 17.3 Å². The van der Waals surface area contributed by atoms with Crippen LogP contribution in [0.15, 0.2) is 17.8 Å². The molecule has 0 aromatic carbocycles. The van der Waals surface area contributed by atoms with Crippen LogP contribution >= 0.6 is 22.9 Å². The van der Waals surface area contributed by atoms with Crippen LogP contribution in [-0.2, 0) is 0 Å². The van der Waals surface area contributed by atoms with Crippen LogP contribution in [0.2, 0.25) is 0 Å². The molecule has 0 saturated carbocycles. The number of thiophene rings is 1. The smallest absolute Gasteiger partial charge is 0.141 e. The van der Waals surface area contributed by atoms with Crippen LogP contribution in [0.3, 0.4) is 0 Å². The normalized spacial score (nSPS) is 11.2. The summed E-state index contributed by atoms with van der Waals surface area (Å²) in [5, 5.41) is 3.16. The average Bonchev–Trinajstić information content (AvgIpc) is 2.73. The number of hydrogen-bond acceptors (Lipinski definition) is 4. The largest absolute Gasteiger partial charge is 0.352 e. The number of fused-ring (bicyclic) bond motifs is 1. The van der Waals surface area contributed by atoms with E-state index in [0.717, 1.165) is 22.6 Å². The van der Waals surface area contributed by atoms with Crippen LogP contribution in [0.4, 0.5) is 5.82 Å². The summed E-state index contributed by atoms with van der Waals surface area (Å²) in [6, 6.07) is 2.45. The van der Waals surface area contributed by atoms with Crippen molar-refractivity contribution in [3.8, 4) is 0 Å². The van der Waals surface area contributed by atoms with Crippen molar-refractivity contribution in [1.82, 2.24) is 9.97 Å². The second-order valence-corrected chi connectivity index (χ2v) is 5.09. The molecule has 3 nitrogen and oxygen atoms in total. The highest BCUT2D eigenvalue weighted by atomic mass is 35.5. The van der Waals surface area contributed by atoms with Crippen LogP contribution in [-0.4, -0.2) is 28.4 Å². The first-order valence-electron chi connectivity index (χ1n) is 5.25. The van der Waals surface area contributed by atoms with E-state index in [1.165, 1.54) is 0 Å². The molecule has 2 rings (SSSR count). The lowest BCUT2D eigenvalue weighted by molar-refractivity contribution is 0.698. The van der Waals surface area contributed by atoms with Gasteiger partial charge in [0.15, 0.2) is 0 Å². The Morgan fingerprint density at radius 1 is 1.44 bits per heavy atom. The third kappa shape index (κ3) is 2.13. The van der Waals surface area contributed by atoms with Crippen molar-refractivity contribution in [1.29, 1.82) is 0 Å². The number of halogens is 1. The van der Waals surface area contributed by atoms with Gasteiger partial charge < -0.3 is 4.90 Å². The van der Waals surface area contributed by atoms with Crippen molar-refractivity contribution in [3.63, 3.8) is 0 Å². The zero-order valence-electron chi connectivity index (χ0n) is 9.35. The van der Waals surface area contributed by atoms with Crippen molar-refractivity contribution in [2.24, 2.45) is 0 Å². The molecule has 0 bridgehead atoms. The van der Waals surface area contributed by atoms with Crippen molar-refractivity contribution >= 4 is 39.0 Å². The van der Waals surface area contributed by atoms with E-state index in [9.17, 15) is 0 Å². The zero-order valence-corrected chi connectivity index (χ0v) is 10.9. The fourth-order valence-corrected chi connectivity index (χ4v) is 2.61. The minimum absolute atomic E-state index is 0.386. The standard InChI is InChI=1S/C11H14ClN3S/c1-8(2)15(5-4-12)10-9-3-6-16-11(9)14-7-13-10/h3,6-8H,4-5H2,1-2H3. The maximum Gasteiger partial charge on any atom is 0.141 e. The fourth-order valence-electron chi connectivity index (χ4n) is 1.71. The van der Waals surface area contributed by atoms with E-state index in [-0.39, 0.29) is 0 Å². The molecule has 0 aliphatic heterocycles. The van der Waals surface area contributed by atoms with Gasteiger partial charge >= 0.3 is 0 Å². The van der Waals surface area contributed by atoms with Gasteiger partial charge in [-0.05, 0) is 25.3 Å². The molecule has 2 aromatic heterocycles. The van der Waals surface area contributed by atoms with Gasteiger partial charge in [0.1, 0.15) is 17.0 Å². The highest BCUT2D eigenvalue weighted by molar-refractivity contribution is 7.16. The molecule has 2 heterocycles. The fraction of sp³-hybridized carbons (Fsp3) is 0.455. The molecule has 0 N–H and O–H groups in total. The van der Waals surface area contributed by atoms with Crippen LogP contribution in [0.5, 0.6) is 0 Å². The first-order valence-corrected chi connectivity index (χ1v) is 6.66. The molecule has 0 atom stereocenters. The van der Waals surface area contributed by atoms with Crippen molar-refractivity contribution in [2.45, 2.75) is 19.9 Å². The van der Waals surface area contributed by atoms with E-state index in [2.05, 4.69) is 34.8 Å². The van der Waals surface area contributed by atoms with Gasteiger partial charge in [-0.25, -0.2) is 9.97 Å². The molecule has 0 unspecified atom stereocenters. The molecule has 0 aliphatic carbocycles. The summed E-state index contributed by atoms with van der Waals surface area (Å²) in [4.78, 5) is 11.9. The Labute approximate surface area is 104 Å². The number of nitrogens with zero attached hydrogens (tertiary/aromatic N) is 3. The predicted molar refractivity (Wildman–Crippen MR) is 70.6 cm³/mol. The van der Waals surface area contributed by atoms with E-state index in [4.69, 9.17) is 11.6 Å². The minimum atomic E-state index is 0.386. The van der Waals surface area contributed by atoms with Gasteiger partial charge in [0, 0.05) is 18.5 Å². The lowest BCUT2D eigenvalue weighted by Crippen LogP contribution is -2.33. The highest BCUT2D eigenvalue weighted by Crippen LogP contribution is 2.27. The van der Waals surface area contributed by atoms with Gasteiger partial charge in [-0.1, -0.05) is 0 Å². The second-order valence-electron chi connectivity index (χ2n) is 3.81. The van der Waals surface area contributed by atoms with Crippen LogP contribution in [0.25, 0.3) is 10.2 Å². The SMILES string of the molecule is CC(C)N(CCCl)c1ncnc2sccc12. The van der Waals surface area contributed by atoms with E-state index < -0.39 is 0 Å². The molecule has 0 aliphatic rings. The number of rotatable bonds is 4. The molecular weight excluding hydrogens is 242 g/mol. The van der Waals surface area contributed by atoms with Gasteiger partial charge in [-0.3, -0.25) is 0 Å². The number of anilines is 1. The second kappa shape index (κ2) is 4.97. The summed E-state index contributed by atoms with van der Waals surface area (Å²) in [5.74, 6) is 1.59. The lowest BCUT2D eigenvalue weighted by atomic mass is 10.2. The molecular formula is C11H14ClN3S. The molecule has 0 radical (unpaired) electrons. The molecule has 0 spiro atoms. The van der Waals surface area contributed by atoms with Gasteiger partial charge in [0.2, 0.25) is 0 Å². The Kier molecular flexibility index (Phi) is 3.61. The number of aromatic nitrogens is 2. The molecule has 0 amide bonds. The van der Waals surface area contributed by atoms with Crippen molar-refractivity contribution in [3.05, 3.63) is 17.8 Å². The van der Waals surface area contributed by atoms with Gasteiger partial charge in [0.05, 0.1) is 5.39 Å². The van der Waals surface area contributed by atoms with Gasteiger partial charge in [-0.2, -0.15) is 0 Å². The maximum atomic E-state index is 5.83. The van der Waals surface area contributed by atoms with E-state index in [0.29, 0.717) is 11.9 Å². The minimum Gasteiger partial charge on any atom is -0.352 e. The predicted octanol–water partition coefficient (Wildman–Crippen LogP) is 3.14. The Bertz CT molecular complexity index is 469. The molecule has 5 heteroatoms. The van der Waals surface area contributed by atoms with Crippen molar-refractivity contribution < 1.29 is 0 Å². The summed E-state index contributed by atoms with van der Waals surface area (Å²) in [6.45, 7) is 5.10. The third-order valence-corrected chi connectivity index (χ3v) is 3.45. The number of hydrogen-bond donors (Lipinski definition) is 0. The number of alkyl halides is 1. The molecule has 2 aromatic rings. The summed E-state index contributed by atoms with van der Waals surface area (Å²) in [7, 11) is 0. The summed E-state index contributed by atoms with van der Waals surface area (Å²) in [6.07, 6.45) is 1.62. The average molecular weight is 256 g/mol. The van der Waals surface area contributed by atoms with Crippen LogP contribution < -0.4 is 4.90 Å². The van der Waals surface area contributed by atoms with Crippen LogP contribution in [0.1, 0.15) is 13.8 Å². The summed E-state index contributed by atoms with van der Waals surface area (Å²) < 4.78 is 0. The molecule has 0 saturated heterocycles. The Hall–Kier alpha value is -0.870. The first kappa shape index (κ1) is 11.6. The highest BCUT2D eigenvalue weighted by Gasteiger charge is 2.15. The summed E-state index contributed by atoms with van der Waals surface area (Å²) >= 11 is 7.47. The quantitative estimate of drug-likeness (QED) is 0.786. The third-order valence-electron chi connectivity index (χ3n) is 2.46. The Morgan fingerprint density at radius 3 is 2.94 bits per heavy atom. The zero-order chi connectivity index (χ0) is 11.5. The van der Waals surface area contributed by atoms with E-state index >= 15 is 0 Å². The Morgan fingerprint density at radius 2 is 2.25 bits per heavy atom. The van der Waals surface area contributed by atoms with Gasteiger partial charge in [-0.15, -0.1) is 22.9 Å². The first-order chi connectivity index (χ1) is 7.74. The molecule has 0 fully saturated rings. The van der Waals surface area contributed by atoms with E-state index in [1.54, 1.807) is 17.7 Å². The van der Waals surface area contributed by atoms with Crippen LogP contribution in [0, 0.1) is 0 Å². The van der Waals surface area contributed by atoms with Gasteiger partial charge in [0.25, 0.3) is 0 Å². The van der Waals surface area contributed by atoms with E-state index in [1.807, 2.05) is 5.38 Å². The molecule has 86 valence electrons.